The normalized spacial score (nSPS) is 13.0. The molecule has 3 aromatic rings. The van der Waals surface area contributed by atoms with Crippen LogP contribution in [0.4, 0.5) is 10.2 Å². The number of nitrogens with one attached hydrogen (secondary N) is 1. The van der Waals surface area contributed by atoms with E-state index in [0.717, 1.165) is 42.1 Å². The lowest BCUT2D eigenvalue weighted by Crippen LogP contribution is -2.06. The Morgan fingerprint density at radius 2 is 1.92 bits per heavy atom. The van der Waals surface area contributed by atoms with E-state index in [1.165, 1.54) is 28.8 Å². The summed E-state index contributed by atoms with van der Waals surface area (Å²) in [4.78, 5) is 0. The lowest BCUT2D eigenvalue weighted by molar-refractivity contribution is 0.627. The van der Waals surface area contributed by atoms with Crippen molar-refractivity contribution < 1.29 is 4.39 Å². The van der Waals surface area contributed by atoms with E-state index in [1.807, 2.05) is 16.8 Å². The molecule has 4 heteroatoms. The molecule has 2 heterocycles. The van der Waals surface area contributed by atoms with Crippen LogP contribution in [0.5, 0.6) is 0 Å². The fraction of sp³-hybridized carbons (Fsp3) is 0.250. The van der Waals surface area contributed by atoms with Crippen LogP contribution in [0.15, 0.2) is 42.5 Å². The van der Waals surface area contributed by atoms with Crippen LogP contribution >= 0.6 is 0 Å². The number of nitrogens with zero attached hydrogens (tertiary/aromatic N) is 2. The van der Waals surface area contributed by atoms with Gasteiger partial charge >= 0.3 is 0 Å². The van der Waals surface area contributed by atoms with Gasteiger partial charge < -0.3 is 5.32 Å². The van der Waals surface area contributed by atoms with E-state index in [2.05, 4.69) is 37.4 Å². The third kappa shape index (κ3) is 2.58. The van der Waals surface area contributed by atoms with Gasteiger partial charge in [-0.3, -0.25) is 0 Å². The molecular formula is C20H20FN3. The molecule has 0 bridgehead atoms. The summed E-state index contributed by atoms with van der Waals surface area (Å²) in [5, 5.41) is 8.34. The van der Waals surface area contributed by atoms with Crippen LogP contribution in [0.2, 0.25) is 0 Å². The first kappa shape index (κ1) is 14.9. The Labute approximate surface area is 141 Å². The standard InChI is InChI=1S/C20H20FN3/c1-13-3-8-19(14(2)11-13)24-20-17(9-10-22-20)18(23-24)12-15-4-6-16(21)7-5-15/h3-8,11,22H,9-10,12H2,1-2H3. The summed E-state index contributed by atoms with van der Waals surface area (Å²) in [7, 11) is 0. The average Bonchev–Trinajstić information content (AvgIpc) is 3.14. The van der Waals surface area contributed by atoms with Crippen LogP contribution < -0.4 is 5.32 Å². The number of hydrogen-bond acceptors (Lipinski definition) is 2. The minimum atomic E-state index is -0.202. The molecule has 0 aliphatic carbocycles. The second-order valence-corrected chi connectivity index (χ2v) is 6.46. The van der Waals surface area contributed by atoms with E-state index < -0.39 is 0 Å². The van der Waals surface area contributed by atoms with Gasteiger partial charge in [0.15, 0.2) is 0 Å². The van der Waals surface area contributed by atoms with E-state index in [1.54, 1.807) is 0 Å². The van der Waals surface area contributed by atoms with Gasteiger partial charge in [-0.2, -0.15) is 5.10 Å². The molecule has 1 N–H and O–H groups in total. The van der Waals surface area contributed by atoms with E-state index in [0.29, 0.717) is 0 Å². The molecule has 1 aliphatic heterocycles. The van der Waals surface area contributed by atoms with Gasteiger partial charge in [0.1, 0.15) is 11.6 Å². The SMILES string of the molecule is Cc1ccc(-n2nc(Cc3ccc(F)cc3)c3c2NCC3)c(C)c1. The number of fused-ring (bicyclic) bond motifs is 1. The van der Waals surface area contributed by atoms with Crippen molar-refractivity contribution in [1.82, 2.24) is 9.78 Å². The topological polar surface area (TPSA) is 29.9 Å². The first-order chi connectivity index (χ1) is 11.6. The summed E-state index contributed by atoms with van der Waals surface area (Å²) < 4.78 is 15.1. The Balaban J connectivity index is 1.76. The zero-order chi connectivity index (χ0) is 16.7. The predicted octanol–water partition coefficient (Wildman–Crippen LogP) is 4.19. The Morgan fingerprint density at radius 1 is 1.12 bits per heavy atom. The minimum absolute atomic E-state index is 0.202. The molecule has 0 saturated carbocycles. The van der Waals surface area contributed by atoms with E-state index >= 15 is 0 Å². The molecule has 0 spiro atoms. The van der Waals surface area contributed by atoms with Crippen LogP contribution in [0.3, 0.4) is 0 Å². The second kappa shape index (κ2) is 5.78. The average molecular weight is 321 g/mol. The van der Waals surface area contributed by atoms with Gasteiger partial charge in [0, 0.05) is 18.5 Å². The number of aromatic nitrogens is 2. The maximum absolute atomic E-state index is 13.1. The number of aryl methyl sites for hydroxylation is 2. The molecular weight excluding hydrogens is 301 g/mol. The Kier molecular flexibility index (Phi) is 3.60. The molecule has 2 aromatic carbocycles. The van der Waals surface area contributed by atoms with Crippen LogP contribution in [-0.2, 0) is 12.8 Å². The molecule has 0 fully saturated rings. The summed E-state index contributed by atoms with van der Waals surface area (Å²) in [6, 6.07) is 13.1. The lowest BCUT2D eigenvalue weighted by Gasteiger charge is -2.10. The van der Waals surface area contributed by atoms with E-state index in [4.69, 9.17) is 5.10 Å². The molecule has 0 atom stereocenters. The second-order valence-electron chi connectivity index (χ2n) is 6.46. The number of halogens is 1. The largest absolute Gasteiger partial charge is 0.369 e. The Bertz CT molecular complexity index is 894. The maximum atomic E-state index is 13.1. The predicted molar refractivity (Wildman–Crippen MR) is 94.4 cm³/mol. The van der Waals surface area contributed by atoms with E-state index in [9.17, 15) is 4.39 Å². The zero-order valence-corrected chi connectivity index (χ0v) is 13.9. The van der Waals surface area contributed by atoms with Crippen molar-refractivity contribution in [3.8, 4) is 5.69 Å². The highest BCUT2D eigenvalue weighted by molar-refractivity contribution is 5.59. The molecule has 24 heavy (non-hydrogen) atoms. The highest BCUT2D eigenvalue weighted by Gasteiger charge is 2.23. The molecule has 1 aliphatic rings. The van der Waals surface area contributed by atoms with Crippen molar-refractivity contribution in [3.63, 3.8) is 0 Å². The number of anilines is 1. The quantitative estimate of drug-likeness (QED) is 0.784. The molecule has 1 aromatic heterocycles. The highest BCUT2D eigenvalue weighted by atomic mass is 19.1. The smallest absolute Gasteiger partial charge is 0.133 e. The number of rotatable bonds is 3. The zero-order valence-electron chi connectivity index (χ0n) is 13.9. The summed E-state index contributed by atoms with van der Waals surface area (Å²) in [6.45, 7) is 5.15. The van der Waals surface area contributed by atoms with Gasteiger partial charge in [-0.05, 0) is 49.6 Å². The Hall–Kier alpha value is -2.62. The van der Waals surface area contributed by atoms with Gasteiger partial charge in [0.05, 0.1) is 11.4 Å². The molecule has 0 saturated heterocycles. The fourth-order valence-electron chi connectivity index (χ4n) is 3.40. The van der Waals surface area contributed by atoms with Crippen molar-refractivity contribution in [2.24, 2.45) is 0 Å². The first-order valence-corrected chi connectivity index (χ1v) is 8.28. The maximum Gasteiger partial charge on any atom is 0.133 e. The lowest BCUT2D eigenvalue weighted by atomic mass is 10.1. The van der Waals surface area contributed by atoms with Gasteiger partial charge in [0.2, 0.25) is 0 Å². The van der Waals surface area contributed by atoms with Crippen molar-refractivity contribution in [3.05, 3.63) is 76.2 Å². The highest BCUT2D eigenvalue weighted by Crippen LogP contribution is 2.31. The third-order valence-corrected chi connectivity index (χ3v) is 4.60. The van der Waals surface area contributed by atoms with Gasteiger partial charge in [-0.25, -0.2) is 9.07 Å². The minimum Gasteiger partial charge on any atom is -0.369 e. The molecule has 0 amide bonds. The van der Waals surface area contributed by atoms with Crippen molar-refractivity contribution in [2.45, 2.75) is 26.7 Å². The summed E-state index contributed by atoms with van der Waals surface area (Å²) >= 11 is 0. The molecule has 0 unspecified atom stereocenters. The van der Waals surface area contributed by atoms with Crippen LogP contribution in [0.25, 0.3) is 5.69 Å². The number of hydrogen-bond donors (Lipinski definition) is 1. The van der Waals surface area contributed by atoms with Gasteiger partial charge in [-0.15, -0.1) is 0 Å². The molecule has 3 nitrogen and oxygen atoms in total. The van der Waals surface area contributed by atoms with Crippen LogP contribution in [-0.4, -0.2) is 16.3 Å². The summed E-state index contributed by atoms with van der Waals surface area (Å²) in [6.07, 6.45) is 1.71. The number of benzene rings is 2. The first-order valence-electron chi connectivity index (χ1n) is 8.28. The summed E-state index contributed by atoms with van der Waals surface area (Å²) in [5.74, 6) is 0.894. The Morgan fingerprint density at radius 3 is 2.67 bits per heavy atom. The van der Waals surface area contributed by atoms with Gasteiger partial charge in [-0.1, -0.05) is 29.8 Å². The molecule has 122 valence electrons. The van der Waals surface area contributed by atoms with E-state index in [-0.39, 0.29) is 5.82 Å². The monoisotopic (exact) mass is 321 g/mol. The van der Waals surface area contributed by atoms with Crippen molar-refractivity contribution in [2.75, 3.05) is 11.9 Å². The molecule has 0 radical (unpaired) electrons. The summed E-state index contributed by atoms with van der Waals surface area (Å²) in [5.41, 5.74) is 7.00. The molecule has 4 rings (SSSR count). The van der Waals surface area contributed by atoms with Crippen LogP contribution in [0, 0.1) is 19.7 Å². The third-order valence-electron chi connectivity index (χ3n) is 4.60. The van der Waals surface area contributed by atoms with Crippen LogP contribution in [0.1, 0.15) is 27.9 Å². The van der Waals surface area contributed by atoms with Gasteiger partial charge in [0.25, 0.3) is 0 Å². The fourth-order valence-corrected chi connectivity index (χ4v) is 3.40. The van der Waals surface area contributed by atoms with Crippen molar-refractivity contribution >= 4 is 5.82 Å². The van der Waals surface area contributed by atoms with Crippen molar-refractivity contribution in [1.29, 1.82) is 0 Å².